The van der Waals surface area contributed by atoms with Crippen molar-refractivity contribution in [3.63, 3.8) is 0 Å². The van der Waals surface area contributed by atoms with Crippen molar-refractivity contribution >= 4 is 35.9 Å². The standard InChI is InChI=1S/C18H29N3O2.HI/c1-6-19-18(21-12-15(4)17(22)23-5)20-8-7-16-10-13(2)9-14(3)11-16;/h9-11,15H,6-8,12H2,1-5H3,(H2,19,20,21);1H. The molecule has 0 spiro atoms. The van der Waals surface area contributed by atoms with Gasteiger partial charge in [0.1, 0.15) is 0 Å². The van der Waals surface area contributed by atoms with Crippen LogP contribution in [0.4, 0.5) is 0 Å². The van der Waals surface area contributed by atoms with Crippen LogP contribution in [0.5, 0.6) is 0 Å². The Morgan fingerprint density at radius 1 is 1.21 bits per heavy atom. The maximum atomic E-state index is 11.4. The lowest BCUT2D eigenvalue weighted by molar-refractivity contribution is -0.144. The summed E-state index contributed by atoms with van der Waals surface area (Å²) >= 11 is 0. The van der Waals surface area contributed by atoms with Gasteiger partial charge in [0.15, 0.2) is 5.96 Å². The largest absolute Gasteiger partial charge is 0.469 e. The van der Waals surface area contributed by atoms with E-state index in [1.54, 1.807) is 0 Å². The van der Waals surface area contributed by atoms with Crippen LogP contribution in [0.3, 0.4) is 0 Å². The molecule has 0 aliphatic rings. The van der Waals surface area contributed by atoms with Crippen molar-refractivity contribution in [3.05, 3.63) is 34.9 Å². The van der Waals surface area contributed by atoms with Crippen LogP contribution in [-0.2, 0) is 16.0 Å². The zero-order chi connectivity index (χ0) is 17.2. The number of nitrogens with one attached hydrogen (secondary N) is 2. The molecule has 0 heterocycles. The third-order valence-corrected chi connectivity index (χ3v) is 3.46. The third kappa shape index (κ3) is 8.52. The van der Waals surface area contributed by atoms with Crippen molar-refractivity contribution in [3.8, 4) is 0 Å². The average molecular weight is 447 g/mol. The number of ether oxygens (including phenoxy) is 1. The second-order valence-electron chi connectivity index (χ2n) is 5.82. The first kappa shape index (κ1) is 22.7. The molecule has 0 aliphatic carbocycles. The Labute approximate surface area is 162 Å². The third-order valence-electron chi connectivity index (χ3n) is 3.46. The quantitative estimate of drug-likeness (QED) is 0.292. The smallest absolute Gasteiger partial charge is 0.310 e. The molecule has 6 heteroatoms. The summed E-state index contributed by atoms with van der Waals surface area (Å²) in [6, 6.07) is 6.59. The fourth-order valence-electron chi connectivity index (χ4n) is 2.38. The van der Waals surface area contributed by atoms with Gasteiger partial charge in [0.05, 0.1) is 19.6 Å². The molecule has 5 nitrogen and oxygen atoms in total. The van der Waals surface area contributed by atoms with E-state index in [2.05, 4.69) is 47.7 Å². The van der Waals surface area contributed by atoms with Crippen molar-refractivity contribution in [2.24, 2.45) is 10.9 Å². The maximum Gasteiger partial charge on any atom is 0.310 e. The number of halogens is 1. The van der Waals surface area contributed by atoms with Crippen molar-refractivity contribution < 1.29 is 9.53 Å². The summed E-state index contributed by atoms with van der Waals surface area (Å²) in [6.07, 6.45) is 0.930. The van der Waals surface area contributed by atoms with Gasteiger partial charge in [-0.2, -0.15) is 0 Å². The van der Waals surface area contributed by atoms with Gasteiger partial charge in [0, 0.05) is 13.1 Å². The SMILES string of the molecule is CCNC(=NCC(C)C(=O)OC)NCCc1cc(C)cc(C)c1.I. The molecule has 1 aromatic rings. The minimum atomic E-state index is -0.241. The number of carbonyl (C=O) groups is 1. The highest BCUT2D eigenvalue weighted by molar-refractivity contribution is 14.0. The van der Waals surface area contributed by atoms with E-state index in [-0.39, 0.29) is 35.9 Å². The molecule has 0 radical (unpaired) electrons. The number of carbonyl (C=O) groups excluding carboxylic acids is 1. The number of aliphatic imine (C=N–C) groups is 1. The van der Waals surface area contributed by atoms with Crippen LogP contribution in [0, 0.1) is 19.8 Å². The summed E-state index contributed by atoms with van der Waals surface area (Å²) in [5.74, 6) is 0.252. The van der Waals surface area contributed by atoms with E-state index >= 15 is 0 Å². The lowest BCUT2D eigenvalue weighted by Crippen LogP contribution is -2.38. The van der Waals surface area contributed by atoms with Gasteiger partial charge in [-0.1, -0.05) is 36.2 Å². The Morgan fingerprint density at radius 2 is 1.83 bits per heavy atom. The van der Waals surface area contributed by atoms with Crippen LogP contribution in [0.15, 0.2) is 23.2 Å². The summed E-state index contributed by atoms with van der Waals surface area (Å²) in [6.45, 7) is 10.0. The highest BCUT2D eigenvalue weighted by Gasteiger charge is 2.12. The van der Waals surface area contributed by atoms with Gasteiger partial charge in [-0.15, -0.1) is 24.0 Å². The first-order valence-corrected chi connectivity index (χ1v) is 8.13. The van der Waals surface area contributed by atoms with Crippen LogP contribution in [0.25, 0.3) is 0 Å². The number of hydrogen-bond acceptors (Lipinski definition) is 3. The number of guanidine groups is 1. The van der Waals surface area contributed by atoms with E-state index in [4.69, 9.17) is 4.74 Å². The Kier molecular flexibility index (Phi) is 11.4. The summed E-state index contributed by atoms with van der Waals surface area (Å²) in [7, 11) is 1.40. The van der Waals surface area contributed by atoms with Gasteiger partial charge in [-0.3, -0.25) is 9.79 Å². The zero-order valence-corrected chi connectivity index (χ0v) is 17.6. The minimum Gasteiger partial charge on any atom is -0.469 e. The van der Waals surface area contributed by atoms with E-state index in [0.717, 1.165) is 25.5 Å². The molecule has 1 atom stereocenters. The zero-order valence-electron chi connectivity index (χ0n) is 15.3. The maximum absolute atomic E-state index is 11.4. The molecule has 0 bridgehead atoms. The molecule has 136 valence electrons. The van der Waals surface area contributed by atoms with Gasteiger partial charge in [0.25, 0.3) is 0 Å². The highest BCUT2D eigenvalue weighted by atomic mass is 127. The molecule has 0 saturated carbocycles. The van der Waals surface area contributed by atoms with Crippen LogP contribution in [0.2, 0.25) is 0 Å². The number of hydrogen-bond donors (Lipinski definition) is 2. The number of esters is 1. The molecule has 0 saturated heterocycles. The van der Waals surface area contributed by atoms with Gasteiger partial charge < -0.3 is 15.4 Å². The van der Waals surface area contributed by atoms with E-state index in [9.17, 15) is 4.79 Å². The molecule has 0 amide bonds. The molecule has 1 unspecified atom stereocenters. The molecule has 2 N–H and O–H groups in total. The Balaban J connectivity index is 0.00000529. The van der Waals surface area contributed by atoms with Crippen LogP contribution in [0.1, 0.15) is 30.5 Å². The lowest BCUT2D eigenvalue weighted by atomic mass is 10.1. The normalized spacial score (nSPS) is 12.1. The van der Waals surface area contributed by atoms with Crippen molar-refractivity contribution in [1.82, 2.24) is 10.6 Å². The Morgan fingerprint density at radius 3 is 2.38 bits per heavy atom. The van der Waals surface area contributed by atoms with E-state index in [0.29, 0.717) is 6.54 Å². The van der Waals surface area contributed by atoms with E-state index < -0.39 is 0 Å². The van der Waals surface area contributed by atoms with Crippen molar-refractivity contribution in [1.29, 1.82) is 0 Å². The second-order valence-corrected chi connectivity index (χ2v) is 5.82. The predicted octanol–water partition coefficient (Wildman–Crippen LogP) is 2.83. The van der Waals surface area contributed by atoms with Gasteiger partial charge in [-0.25, -0.2) is 0 Å². The second kappa shape index (κ2) is 12.1. The Hall–Kier alpha value is -1.31. The first-order chi connectivity index (χ1) is 11.0. The van der Waals surface area contributed by atoms with Crippen molar-refractivity contribution in [2.45, 2.75) is 34.1 Å². The monoisotopic (exact) mass is 447 g/mol. The van der Waals surface area contributed by atoms with E-state index in [1.807, 2.05) is 13.8 Å². The number of nitrogens with zero attached hydrogens (tertiary/aromatic N) is 1. The number of benzene rings is 1. The summed E-state index contributed by atoms with van der Waals surface area (Å²) < 4.78 is 4.72. The minimum absolute atomic E-state index is 0. The summed E-state index contributed by atoms with van der Waals surface area (Å²) in [5, 5.41) is 6.50. The number of methoxy groups -OCH3 is 1. The number of rotatable bonds is 7. The molecule has 24 heavy (non-hydrogen) atoms. The molecule has 0 fully saturated rings. The predicted molar refractivity (Wildman–Crippen MR) is 110 cm³/mol. The topological polar surface area (TPSA) is 62.7 Å². The Bertz CT molecular complexity index is 527. The molecular formula is C18H30IN3O2. The molecule has 1 rings (SSSR count). The fourth-order valence-corrected chi connectivity index (χ4v) is 2.38. The molecule has 0 aromatic heterocycles. The first-order valence-electron chi connectivity index (χ1n) is 8.13. The lowest BCUT2D eigenvalue weighted by Gasteiger charge is -2.13. The van der Waals surface area contributed by atoms with Gasteiger partial charge >= 0.3 is 5.97 Å². The van der Waals surface area contributed by atoms with E-state index in [1.165, 1.54) is 23.8 Å². The molecular weight excluding hydrogens is 417 g/mol. The van der Waals surface area contributed by atoms with Crippen LogP contribution in [-0.4, -0.2) is 38.7 Å². The van der Waals surface area contributed by atoms with Crippen molar-refractivity contribution in [2.75, 3.05) is 26.7 Å². The summed E-state index contributed by atoms with van der Waals surface area (Å²) in [4.78, 5) is 15.9. The molecule has 0 aliphatic heterocycles. The highest BCUT2D eigenvalue weighted by Crippen LogP contribution is 2.09. The van der Waals surface area contributed by atoms with Crippen LogP contribution < -0.4 is 10.6 Å². The molecule has 1 aromatic carbocycles. The fraction of sp³-hybridized carbons (Fsp3) is 0.556. The van der Waals surface area contributed by atoms with Gasteiger partial charge in [0.2, 0.25) is 0 Å². The summed E-state index contributed by atoms with van der Waals surface area (Å²) in [5.41, 5.74) is 3.88. The van der Waals surface area contributed by atoms with Gasteiger partial charge in [-0.05, 0) is 32.8 Å². The average Bonchev–Trinajstić information content (AvgIpc) is 2.50. The number of aryl methyl sites for hydroxylation is 2. The van der Waals surface area contributed by atoms with Crippen LogP contribution >= 0.6 is 24.0 Å².